The molecule has 1 amide bonds. The Morgan fingerprint density at radius 3 is 2.53 bits per heavy atom. The molecule has 0 aromatic rings. The zero-order chi connectivity index (χ0) is 11.8. The molecule has 0 radical (unpaired) electrons. The normalized spacial score (nSPS) is 21.5. The van der Waals surface area contributed by atoms with E-state index in [1.54, 1.807) is 36.5 Å². The molecule has 0 heterocycles. The fourth-order valence-corrected chi connectivity index (χ4v) is 1.05. The average molecular weight is 277 g/mol. The number of rotatable bonds is 4. The van der Waals surface area contributed by atoms with Crippen LogP contribution in [0.5, 0.6) is 0 Å². The summed E-state index contributed by atoms with van der Waals surface area (Å²) in [5, 5.41) is 10.8. The van der Waals surface area contributed by atoms with Crippen LogP contribution >= 0.6 is 0 Å². The Morgan fingerprint density at radius 1 is 1.18 bits per heavy atom. The molecular weight excluding hydrogens is 265 g/mol. The van der Waals surface area contributed by atoms with Gasteiger partial charge in [-0.2, -0.15) is 0 Å². The molecule has 17 heavy (non-hydrogen) atoms. The van der Waals surface area contributed by atoms with E-state index < -0.39 is 5.97 Å². The van der Waals surface area contributed by atoms with Crippen LogP contribution in [0.1, 0.15) is 0 Å². The number of carboxylic acid groups (broad SMARTS) is 1. The molecule has 94 valence electrons. The maximum Gasteiger partial charge on any atom is 0.249 e. The van der Waals surface area contributed by atoms with E-state index in [0.29, 0.717) is 5.57 Å². The molecule has 0 unspecified atom stereocenters. The summed E-state index contributed by atoms with van der Waals surface area (Å²) >= 11 is 0. The van der Waals surface area contributed by atoms with Gasteiger partial charge in [-0.25, -0.2) is 0 Å². The predicted octanol–water partition coefficient (Wildman–Crippen LogP) is 0.998. The van der Waals surface area contributed by atoms with Gasteiger partial charge in [0.25, 0.3) is 0 Å². The van der Waals surface area contributed by atoms with Crippen molar-refractivity contribution in [2.45, 2.75) is 0 Å². The Morgan fingerprint density at radius 2 is 1.82 bits per heavy atom. The van der Waals surface area contributed by atoms with Crippen molar-refractivity contribution in [2.75, 3.05) is 6.54 Å². The third-order valence-corrected chi connectivity index (χ3v) is 1.80. The Balaban J connectivity index is 0.00000256. The predicted molar refractivity (Wildman–Crippen MR) is 60.4 cm³/mol. The molecule has 0 spiro atoms. The minimum atomic E-state index is -1.05. The summed E-state index contributed by atoms with van der Waals surface area (Å²) in [5.41, 5.74) is 0.486. The summed E-state index contributed by atoms with van der Waals surface area (Å²) in [5.74, 6) is -1.35. The van der Waals surface area contributed by atoms with Gasteiger partial charge in [-0.15, -0.1) is 0 Å². The van der Waals surface area contributed by atoms with Crippen molar-refractivity contribution in [1.29, 1.82) is 0 Å². The topological polar surface area (TPSA) is 66.4 Å². The molecule has 0 bridgehead atoms. The van der Waals surface area contributed by atoms with E-state index in [4.69, 9.17) is 5.11 Å². The molecule has 1 aliphatic carbocycles. The molecule has 1 aliphatic rings. The Hall–Kier alpha value is -1.74. The standard InChI is InChI=1S/C12H12NO3.Ni/c14-11(15)8-9-13-12(16)10-6-4-2-1-3-5-7-10;/h1-8H,9H2,(H,13,16)(H,14,15);/q-1;/b2-1-,3-1?,4-2?,5-3-,6-4-,7-5?,10-6?,10-7+;. The van der Waals surface area contributed by atoms with Crippen LogP contribution in [0.15, 0.2) is 48.1 Å². The number of hydrogen-bond donors (Lipinski definition) is 2. The summed E-state index contributed by atoms with van der Waals surface area (Å²) in [6.45, 7) is 0.0128. The van der Waals surface area contributed by atoms with Crippen molar-refractivity contribution in [3.8, 4) is 0 Å². The van der Waals surface area contributed by atoms with E-state index in [-0.39, 0.29) is 28.9 Å². The number of carbonyl (C=O) groups is 2. The van der Waals surface area contributed by atoms with Crippen LogP contribution in [-0.4, -0.2) is 23.5 Å². The smallest absolute Gasteiger partial charge is 0.249 e. The van der Waals surface area contributed by atoms with Crippen molar-refractivity contribution < 1.29 is 31.2 Å². The maximum absolute atomic E-state index is 11.5. The Kier molecular flexibility index (Phi) is 7.56. The monoisotopic (exact) mass is 276 g/mol. The molecule has 0 aliphatic heterocycles. The van der Waals surface area contributed by atoms with Gasteiger partial charge in [0.2, 0.25) is 5.91 Å². The summed E-state index contributed by atoms with van der Waals surface area (Å²) in [4.78, 5) is 21.7. The minimum absolute atomic E-state index is 0. The van der Waals surface area contributed by atoms with E-state index in [1.807, 2.05) is 6.08 Å². The second-order valence-corrected chi connectivity index (χ2v) is 3.00. The minimum Gasteiger partial charge on any atom is -0.503 e. The molecule has 0 aromatic carbocycles. The quantitative estimate of drug-likeness (QED) is 0.595. The Labute approximate surface area is 110 Å². The number of hydrogen-bond acceptors (Lipinski definition) is 2. The van der Waals surface area contributed by atoms with E-state index in [9.17, 15) is 9.59 Å². The molecule has 2 N–H and O–H groups in total. The van der Waals surface area contributed by atoms with Gasteiger partial charge in [0, 0.05) is 22.1 Å². The number of carbonyl (C=O) groups excluding carboxylic acids is 1. The SMILES string of the molecule is O=C(O)[CH-]CNC(=O)C1=C/C=C\C=C/C=C\1.[Ni]. The number of aliphatic carboxylic acids is 1. The summed E-state index contributed by atoms with van der Waals surface area (Å²) in [6, 6.07) is 0. The van der Waals surface area contributed by atoms with Gasteiger partial charge in [-0.3, -0.25) is 16.0 Å². The van der Waals surface area contributed by atoms with Gasteiger partial charge < -0.3 is 10.4 Å². The van der Waals surface area contributed by atoms with E-state index in [1.165, 1.54) is 0 Å². The molecular formula is C12H12NNiO3-. The van der Waals surface area contributed by atoms with Gasteiger partial charge in [-0.05, 0) is 12.2 Å². The van der Waals surface area contributed by atoms with Crippen molar-refractivity contribution in [3.63, 3.8) is 0 Å². The first kappa shape index (κ1) is 15.3. The summed E-state index contributed by atoms with van der Waals surface area (Å²) in [7, 11) is 0. The zero-order valence-corrected chi connectivity index (χ0v) is 9.89. The van der Waals surface area contributed by atoms with Gasteiger partial charge in [0.05, 0.1) is 0 Å². The number of allylic oxidation sites excluding steroid dienone is 6. The number of nitrogens with one attached hydrogen (secondary N) is 1. The molecule has 0 saturated heterocycles. The van der Waals surface area contributed by atoms with Crippen LogP contribution in [0.25, 0.3) is 0 Å². The molecule has 0 atom stereocenters. The van der Waals surface area contributed by atoms with E-state index >= 15 is 0 Å². The maximum atomic E-state index is 11.5. The van der Waals surface area contributed by atoms with Crippen molar-refractivity contribution in [1.82, 2.24) is 5.32 Å². The van der Waals surface area contributed by atoms with Crippen molar-refractivity contribution in [3.05, 3.63) is 54.5 Å². The van der Waals surface area contributed by atoms with Crippen LogP contribution in [0.2, 0.25) is 0 Å². The largest absolute Gasteiger partial charge is 0.503 e. The fourth-order valence-electron chi connectivity index (χ4n) is 1.05. The van der Waals surface area contributed by atoms with Crippen LogP contribution in [0.4, 0.5) is 0 Å². The first-order valence-corrected chi connectivity index (χ1v) is 4.76. The molecule has 1 rings (SSSR count). The third-order valence-electron chi connectivity index (χ3n) is 1.80. The molecule has 4 nitrogen and oxygen atoms in total. The second-order valence-electron chi connectivity index (χ2n) is 3.00. The molecule has 0 saturated carbocycles. The first-order valence-electron chi connectivity index (χ1n) is 4.76. The third kappa shape index (κ3) is 6.43. The van der Waals surface area contributed by atoms with E-state index in [2.05, 4.69) is 5.32 Å². The molecule has 0 fully saturated rings. The summed E-state index contributed by atoms with van der Waals surface area (Å²) < 4.78 is 0. The summed E-state index contributed by atoms with van der Waals surface area (Å²) in [6.07, 6.45) is 13.3. The van der Waals surface area contributed by atoms with Gasteiger partial charge in [0.15, 0.2) is 5.97 Å². The van der Waals surface area contributed by atoms with Crippen molar-refractivity contribution in [2.24, 2.45) is 0 Å². The average Bonchev–Trinajstić information content (AvgIpc) is 2.15. The van der Waals surface area contributed by atoms with Gasteiger partial charge in [-0.1, -0.05) is 36.9 Å². The first-order chi connectivity index (χ1) is 7.70. The molecule has 0 aromatic heterocycles. The zero-order valence-electron chi connectivity index (χ0n) is 8.91. The Bertz CT molecular complexity index is 395. The van der Waals surface area contributed by atoms with Gasteiger partial charge >= 0.3 is 0 Å². The van der Waals surface area contributed by atoms with Crippen LogP contribution in [0, 0.1) is 6.42 Å². The fraction of sp³-hybridized carbons (Fsp3) is 0.0833. The number of carboxylic acids is 1. The van der Waals surface area contributed by atoms with Crippen molar-refractivity contribution >= 4 is 11.9 Å². The van der Waals surface area contributed by atoms with E-state index in [0.717, 1.165) is 6.42 Å². The second kappa shape index (κ2) is 8.42. The van der Waals surface area contributed by atoms with Crippen LogP contribution < -0.4 is 5.32 Å². The van der Waals surface area contributed by atoms with Crippen LogP contribution in [-0.2, 0) is 26.1 Å². The van der Waals surface area contributed by atoms with Gasteiger partial charge in [0.1, 0.15) is 0 Å². The molecule has 5 heteroatoms. The number of amides is 1. The van der Waals surface area contributed by atoms with Crippen LogP contribution in [0.3, 0.4) is 0 Å².